The van der Waals surface area contributed by atoms with Gasteiger partial charge in [-0.25, -0.2) is 9.07 Å². The molecule has 0 saturated heterocycles. The summed E-state index contributed by atoms with van der Waals surface area (Å²) < 4.78 is 19.1. The molecule has 0 aliphatic heterocycles. The van der Waals surface area contributed by atoms with E-state index in [2.05, 4.69) is 25.8 Å². The van der Waals surface area contributed by atoms with Crippen molar-refractivity contribution < 1.29 is 13.9 Å². The third kappa shape index (κ3) is 2.65. The number of halogens is 2. The normalized spacial score (nSPS) is 10.7. The van der Waals surface area contributed by atoms with Crippen LogP contribution in [0.1, 0.15) is 5.69 Å². The third-order valence-electron chi connectivity index (χ3n) is 2.63. The fraction of sp³-hybridized carbons (Fsp3) is 0.250. The average Bonchev–Trinajstić information content (AvgIpc) is 2.41. The highest BCUT2D eigenvalue weighted by Gasteiger charge is 2.13. The Kier molecular flexibility index (Phi) is 3.94. The lowest BCUT2D eigenvalue weighted by molar-refractivity contribution is -0.141. The average molecular weight is 329 g/mol. The Labute approximate surface area is 116 Å². The lowest BCUT2D eigenvalue weighted by atomic mass is 10.1. The lowest BCUT2D eigenvalue weighted by Crippen LogP contribution is -2.28. The van der Waals surface area contributed by atoms with Gasteiger partial charge in [-0.15, -0.1) is 0 Å². The number of esters is 1. The van der Waals surface area contributed by atoms with Crippen LogP contribution in [-0.2, 0) is 22.8 Å². The highest BCUT2D eigenvalue weighted by atomic mass is 79.9. The molecule has 7 heteroatoms. The van der Waals surface area contributed by atoms with Crippen molar-refractivity contribution in [1.82, 2.24) is 9.78 Å². The minimum atomic E-state index is -0.820. The Morgan fingerprint density at radius 3 is 2.84 bits per heavy atom. The standard InChI is InChI=1S/C12H10BrFN2O3/c1-19-11(17)6-16-12(18)9-4-7(13)2-3-8(9)10(5-14)15-16/h2-4H,5-6H2,1H3. The molecule has 1 heterocycles. The summed E-state index contributed by atoms with van der Waals surface area (Å²) in [6.45, 7) is -1.16. The molecule has 1 aromatic carbocycles. The molecule has 0 aliphatic carbocycles. The zero-order valence-electron chi connectivity index (χ0n) is 10.0. The molecule has 19 heavy (non-hydrogen) atoms. The minimum absolute atomic E-state index is 0.117. The summed E-state index contributed by atoms with van der Waals surface area (Å²) in [5.41, 5.74) is -0.343. The number of aromatic nitrogens is 2. The van der Waals surface area contributed by atoms with E-state index in [1.54, 1.807) is 18.2 Å². The van der Waals surface area contributed by atoms with Crippen molar-refractivity contribution in [2.75, 3.05) is 7.11 Å². The van der Waals surface area contributed by atoms with Crippen LogP contribution in [0.25, 0.3) is 10.8 Å². The lowest BCUT2D eigenvalue weighted by Gasteiger charge is -2.08. The highest BCUT2D eigenvalue weighted by Crippen LogP contribution is 2.19. The van der Waals surface area contributed by atoms with Crippen LogP contribution in [0.3, 0.4) is 0 Å². The van der Waals surface area contributed by atoms with E-state index in [4.69, 9.17) is 0 Å². The Morgan fingerprint density at radius 2 is 2.21 bits per heavy atom. The van der Waals surface area contributed by atoms with Crippen LogP contribution in [0.15, 0.2) is 27.5 Å². The SMILES string of the molecule is COC(=O)Cn1nc(CF)c2ccc(Br)cc2c1=O. The van der Waals surface area contributed by atoms with Crippen LogP contribution >= 0.6 is 15.9 Å². The van der Waals surface area contributed by atoms with Crippen LogP contribution in [0.5, 0.6) is 0 Å². The molecular weight excluding hydrogens is 319 g/mol. The van der Waals surface area contributed by atoms with Crippen molar-refractivity contribution in [2.45, 2.75) is 13.2 Å². The fourth-order valence-electron chi connectivity index (χ4n) is 1.72. The molecule has 2 rings (SSSR count). The molecule has 0 aliphatic rings. The van der Waals surface area contributed by atoms with Crippen LogP contribution in [0, 0.1) is 0 Å². The first-order valence-electron chi connectivity index (χ1n) is 5.39. The number of methoxy groups -OCH3 is 1. The molecule has 0 bridgehead atoms. The topological polar surface area (TPSA) is 61.2 Å². The second-order valence-electron chi connectivity index (χ2n) is 3.81. The summed E-state index contributed by atoms with van der Waals surface area (Å²) >= 11 is 3.25. The Bertz CT molecular complexity index is 699. The van der Waals surface area contributed by atoms with Gasteiger partial charge >= 0.3 is 5.97 Å². The number of rotatable bonds is 3. The van der Waals surface area contributed by atoms with Gasteiger partial charge in [-0.3, -0.25) is 9.59 Å². The number of fused-ring (bicyclic) bond motifs is 1. The molecule has 2 aromatic rings. The van der Waals surface area contributed by atoms with Gasteiger partial charge in [0.2, 0.25) is 0 Å². The Balaban J connectivity index is 2.70. The number of carbonyl (C=O) groups is 1. The van der Waals surface area contributed by atoms with E-state index in [-0.39, 0.29) is 12.2 Å². The summed E-state index contributed by atoms with van der Waals surface area (Å²) in [4.78, 5) is 23.4. The zero-order valence-corrected chi connectivity index (χ0v) is 11.6. The van der Waals surface area contributed by atoms with Crippen LogP contribution in [0.2, 0.25) is 0 Å². The van der Waals surface area contributed by atoms with Gasteiger partial charge in [0.1, 0.15) is 18.9 Å². The summed E-state index contributed by atoms with van der Waals surface area (Å²) in [7, 11) is 1.21. The maximum absolute atomic E-state index is 13.0. The summed E-state index contributed by atoms with van der Waals surface area (Å²) in [6, 6.07) is 4.89. The predicted molar refractivity (Wildman–Crippen MR) is 70.5 cm³/mol. The number of hydrogen-bond acceptors (Lipinski definition) is 4. The quantitative estimate of drug-likeness (QED) is 0.806. The van der Waals surface area contributed by atoms with Gasteiger partial charge in [-0.05, 0) is 12.1 Å². The van der Waals surface area contributed by atoms with Crippen LogP contribution in [-0.4, -0.2) is 22.9 Å². The van der Waals surface area contributed by atoms with Gasteiger partial charge in [-0.1, -0.05) is 22.0 Å². The number of benzene rings is 1. The molecule has 1 aromatic heterocycles. The molecule has 0 fully saturated rings. The van der Waals surface area contributed by atoms with Crippen molar-refractivity contribution in [3.63, 3.8) is 0 Å². The summed E-state index contributed by atoms with van der Waals surface area (Å²) in [6.07, 6.45) is 0. The van der Waals surface area contributed by atoms with Gasteiger partial charge in [0.05, 0.1) is 12.5 Å². The largest absolute Gasteiger partial charge is 0.468 e. The maximum Gasteiger partial charge on any atom is 0.327 e. The van der Waals surface area contributed by atoms with Crippen molar-refractivity contribution in [3.8, 4) is 0 Å². The van der Waals surface area contributed by atoms with E-state index >= 15 is 0 Å². The molecule has 0 unspecified atom stereocenters. The van der Waals surface area contributed by atoms with Gasteiger partial charge in [0, 0.05) is 9.86 Å². The van der Waals surface area contributed by atoms with E-state index in [1.807, 2.05) is 0 Å². The number of carbonyl (C=O) groups excluding carboxylic acids is 1. The Morgan fingerprint density at radius 1 is 1.47 bits per heavy atom. The van der Waals surface area contributed by atoms with E-state index in [9.17, 15) is 14.0 Å². The minimum Gasteiger partial charge on any atom is -0.468 e. The molecule has 5 nitrogen and oxygen atoms in total. The first-order chi connectivity index (χ1) is 9.06. The van der Waals surface area contributed by atoms with Gasteiger partial charge in [0.25, 0.3) is 5.56 Å². The van der Waals surface area contributed by atoms with E-state index in [0.717, 1.165) is 4.68 Å². The van der Waals surface area contributed by atoms with Crippen LogP contribution < -0.4 is 5.56 Å². The maximum atomic E-state index is 13.0. The van der Waals surface area contributed by atoms with Gasteiger partial charge in [-0.2, -0.15) is 5.10 Å². The van der Waals surface area contributed by atoms with E-state index < -0.39 is 18.2 Å². The predicted octanol–water partition coefficient (Wildman–Crippen LogP) is 1.80. The number of ether oxygens (including phenoxy) is 1. The first-order valence-corrected chi connectivity index (χ1v) is 6.18. The monoisotopic (exact) mass is 328 g/mol. The van der Waals surface area contributed by atoms with Crippen molar-refractivity contribution in [1.29, 1.82) is 0 Å². The molecular formula is C12H10BrFN2O3. The molecule has 100 valence electrons. The second-order valence-corrected chi connectivity index (χ2v) is 4.72. The first kappa shape index (κ1) is 13.7. The molecule has 0 radical (unpaired) electrons. The van der Waals surface area contributed by atoms with E-state index in [1.165, 1.54) is 7.11 Å². The summed E-state index contributed by atoms with van der Waals surface area (Å²) in [5.74, 6) is -0.617. The molecule has 0 amide bonds. The number of alkyl halides is 1. The Hall–Kier alpha value is -1.76. The van der Waals surface area contributed by atoms with Crippen LogP contribution in [0.4, 0.5) is 4.39 Å². The van der Waals surface area contributed by atoms with E-state index in [0.29, 0.717) is 15.2 Å². The number of nitrogens with zero attached hydrogens (tertiary/aromatic N) is 2. The smallest absolute Gasteiger partial charge is 0.327 e. The van der Waals surface area contributed by atoms with Crippen molar-refractivity contribution in [3.05, 3.63) is 38.7 Å². The highest BCUT2D eigenvalue weighted by molar-refractivity contribution is 9.10. The van der Waals surface area contributed by atoms with Gasteiger partial charge < -0.3 is 4.74 Å². The van der Waals surface area contributed by atoms with Gasteiger partial charge in [0.15, 0.2) is 0 Å². The zero-order chi connectivity index (χ0) is 14.0. The molecule has 0 N–H and O–H groups in total. The fourth-order valence-corrected chi connectivity index (χ4v) is 2.08. The second kappa shape index (κ2) is 5.48. The van der Waals surface area contributed by atoms with Crippen molar-refractivity contribution >= 4 is 32.7 Å². The molecule has 0 atom stereocenters. The summed E-state index contributed by atoms with van der Waals surface area (Å²) in [5, 5.41) is 4.60. The molecule has 0 saturated carbocycles. The molecule has 0 spiro atoms. The third-order valence-corrected chi connectivity index (χ3v) is 3.13. The number of hydrogen-bond donors (Lipinski definition) is 0. The van der Waals surface area contributed by atoms with Crippen molar-refractivity contribution in [2.24, 2.45) is 0 Å².